The van der Waals surface area contributed by atoms with Gasteiger partial charge in [-0.1, -0.05) is 19.1 Å². The quantitative estimate of drug-likeness (QED) is 0.796. The Balaban J connectivity index is 2.73. The molecule has 0 bridgehead atoms. The molecule has 98 valence electrons. The molecule has 18 heavy (non-hydrogen) atoms. The van der Waals surface area contributed by atoms with Crippen LogP contribution < -0.4 is 4.72 Å². The molecule has 1 rings (SSSR count). The molecule has 1 aromatic rings. The first-order chi connectivity index (χ1) is 8.50. The van der Waals surface area contributed by atoms with E-state index in [-0.39, 0.29) is 12.4 Å². The Morgan fingerprint density at radius 3 is 2.44 bits per heavy atom. The minimum atomic E-state index is -3.47. The SMILES string of the molecule is CCC(CO)NS(=O)(=O)Cc1ccc(C#N)cc1. The Labute approximate surface area is 107 Å². The van der Waals surface area contributed by atoms with Crippen molar-refractivity contribution < 1.29 is 13.5 Å². The van der Waals surface area contributed by atoms with E-state index in [4.69, 9.17) is 10.4 Å². The average molecular weight is 268 g/mol. The highest BCUT2D eigenvalue weighted by atomic mass is 32.2. The van der Waals surface area contributed by atoms with E-state index < -0.39 is 16.1 Å². The van der Waals surface area contributed by atoms with Crippen molar-refractivity contribution in [3.63, 3.8) is 0 Å². The summed E-state index contributed by atoms with van der Waals surface area (Å²) in [6, 6.07) is 7.89. The highest BCUT2D eigenvalue weighted by molar-refractivity contribution is 7.88. The van der Waals surface area contributed by atoms with Crippen LogP contribution in [-0.2, 0) is 15.8 Å². The zero-order valence-corrected chi connectivity index (χ0v) is 10.9. The highest BCUT2D eigenvalue weighted by Gasteiger charge is 2.16. The summed E-state index contributed by atoms with van der Waals surface area (Å²) >= 11 is 0. The van der Waals surface area contributed by atoms with Gasteiger partial charge in [0.1, 0.15) is 0 Å². The molecular formula is C12H16N2O3S. The molecule has 0 heterocycles. The first-order valence-corrected chi connectivity index (χ1v) is 7.26. The topological polar surface area (TPSA) is 90.2 Å². The lowest BCUT2D eigenvalue weighted by Crippen LogP contribution is -2.37. The van der Waals surface area contributed by atoms with Crippen molar-refractivity contribution in [2.45, 2.75) is 25.1 Å². The Kier molecular flexibility index (Phi) is 5.28. The Morgan fingerprint density at radius 2 is 2.00 bits per heavy atom. The highest BCUT2D eigenvalue weighted by Crippen LogP contribution is 2.08. The number of hydrogen-bond acceptors (Lipinski definition) is 4. The van der Waals surface area contributed by atoms with Gasteiger partial charge in [0.05, 0.1) is 24.0 Å². The monoisotopic (exact) mass is 268 g/mol. The van der Waals surface area contributed by atoms with E-state index in [1.54, 1.807) is 31.2 Å². The summed E-state index contributed by atoms with van der Waals surface area (Å²) in [5, 5.41) is 17.6. The van der Waals surface area contributed by atoms with Crippen LogP contribution in [0.3, 0.4) is 0 Å². The lowest BCUT2D eigenvalue weighted by molar-refractivity contribution is 0.254. The second kappa shape index (κ2) is 6.50. The number of hydrogen-bond donors (Lipinski definition) is 2. The van der Waals surface area contributed by atoms with Gasteiger partial charge in [0, 0.05) is 6.04 Å². The minimum absolute atomic E-state index is 0.158. The molecule has 0 saturated heterocycles. The third-order valence-corrected chi connectivity index (χ3v) is 3.90. The zero-order valence-electron chi connectivity index (χ0n) is 10.1. The van der Waals surface area contributed by atoms with Gasteiger partial charge < -0.3 is 5.11 Å². The van der Waals surface area contributed by atoms with Gasteiger partial charge in [-0.05, 0) is 24.1 Å². The Hall–Kier alpha value is -1.42. The molecule has 0 saturated carbocycles. The fourth-order valence-corrected chi connectivity index (χ4v) is 2.90. The van der Waals surface area contributed by atoms with Crippen LogP contribution in [0.15, 0.2) is 24.3 Å². The lowest BCUT2D eigenvalue weighted by Gasteiger charge is -2.14. The number of rotatable bonds is 6. The second-order valence-electron chi connectivity index (χ2n) is 3.97. The van der Waals surface area contributed by atoms with Crippen molar-refractivity contribution in [3.8, 4) is 6.07 Å². The van der Waals surface area contributed by atoms with Crippen LogP contribution in [0.5, 0.6) is 0 Å². The largest absolute Gasteiger partial charge is 0.395 e. The van der Waals surface area contributed by atoms with Crippen LogP contribution in [0.4, 0.5) is 0 Å². The van der Waals surface area contributed by atoms with Crippen LogP contribution in [-0.4, -0.2) is 26.2 Å². The van der Waals surface area contributed by atoms with Crippen molar-refractivity contribution in [1.82, 2.24) is 4.72 Å². The van der Waals surface area contributed by atoms with Crippen molar-refractivity contribution in [2.75, 3.05) is 6.61 Å². The van der Waals surface area contributed by atoms with Crippen LogP contribution in [0.1, 0.15) is 24.5 Å². The van der Waals surface area contributed by atoms with E-state index in [2.05, 4.69) is 4.72 Å². The average Bonchev–Trinajstić information content (AvgIpc) is 2.36. The molecule has 0 aromatic heterocycles. The fraction of sp³-hybridized carbons (Fsp3) is 0.417. The molecule has 0 spiro atoms. The van der Waals surface area contributed by atoms with Crippen molar-refractivity contribution in [2.24, 2.45) is 0 Å². The molecule has 0 aliphatic heterocycles. The molecule has 0 amide bonds. The molecule has 5 nitrogen and oxygen atoms in total. The van der Waals surface area contributed by atoms with E-state index in [0.29, 0.717) is 17.5 Å². The third-order valence-electron chi connectivity index (χ3n) is 2.50. The molecule has 0 fully saturated rings. The van der Waals surface area contributed by atoms with Crippen LogP contribution >= 0.6 is 0 Å². The van der Waals surface area contributed by atoms with Crippen LogP contribution in [0.2, 0.25) is 0 Å². The Bertz CT molecular complexity index is 513. The van der Waals surface area contributed by atoms with Gasteiger partial charge in [-0.15, -0.1) is 0 Å². The molecule has 0 aliphatic rings. The van der Waals surface area contributed by atoms with E-state index in [1.807, 2.05) is 6.07 Å². The van der Waals surface area contributed by atoms with Gasteiger partial charge in [0.25, 0.3) is 0 Å². The molecule has 1 unspecified atom stereocenters. The number of aliphatic hydroxyl groups is 1. The predicted molar refractivity (Wildman–Crippen MR) is 68.1 cm³/mol. The zero-order chi connectivity index (χ0) is 13.6. The van der Waals surface area contributed by atoms with E-state index in [9.17, 15) is 8.42 Å². The molecule has 6 heteroatoms. The summed E-state index contributed by atoms with van der Waals surface area (Å²) < 4.78 is 26.0. The van der Waals surface area contributed by atoms with Crippen molar-refractivity contribution >= 4 is 10.0 Å². The Morgan fingerprint density at radius 1 is 1.39 bits per heavy atom. The van der Waals surface area contributed by atoms with Gasteiger partial charge in [0.2, 0.25) is 10.0 Å². The summed E-state index contributed by atoms with van der Waals surface area (Å²) in [4.78, 5) is 0. The predicted octanol–water partition coefficient (Wildman–Crippen LogP) is 0.749. The van der Waals surface area contributed by atoms with E-state index in [0.717, 1.165) is 0 Å². The van der Waals surface area contributed by atoms with Crippen molar-refractivity contribution in [1.29, 1.82) is 5.26 Å². The summed E-state index contributed by atoms with van der Waals surface area (Å²) in [5.41, 5.74) is 1.10. The summed E-state index contributed by atoms with van der Waals surface area (Å²) in [7, 11) is -3.47. The van der Waals surface area contributed by atoms with Gasteiger partial charge in [-0.3, -0.25) is 0 Å². The van der Waals surface area contributed by atoms with Crippen LogP contribution in [0, 0.1) is 11.3 Å². The molecular weight excluding hydrogens is 252 g/mol. The first kappa shape index (κ1) is 14.6. The molecule has 2 N–H and O–H groups in total. The van der Waals surface area contributed by atoms with Gasteiger partial charge in [0.15, 0.2) is 0 Å². The third kappa shape index (κ3) is 4.45. The van der Waals surface area contributed by atoms with Gasteiger partial charge in [-0.25, -0.2) is 13.1 Å². The lowest BCUT2D eigenvalue weighted by atomic mass is 10.2. The number of sulfonamides is 1. The molecule has 0 aliphatic carbocycles. The normalized spacial score (nSPS) is 12.9. The smallest absolute Gasteiger partial charge is 0.216 e. The summed E-state index contributed by atoms with van der Waals surface area (Å²) in [6.45, 7) is 1.58. The maximum atomic E-state index is 11.8. The van der Waals surface area contributed by atoms with E-state index in [1.165, 1.54) is 0 Å². The molecule has 1 atom stereocenters. The maximum absolute atomic E-state index is 11.8. The number of benzene rings is 1. The number of nitrogens with one attached hydrogen (secondary N) is 1. The number of nitrogens with zero attached hydrogens (tertiary/aromatic N) is 1. The van der Waals surface area contributed by atoms with Crippen molar-refractivity contribution in [3.05, 3.63) is 35.4 Å². The molecule has 1 aromatic carbocycles. The fourth-order valence-electron chi connectivity index (χ4n) is 1.44. The van der Waals surface area contributed by atoms with Crippen LogP contribution in [0.25, 0.3) is 0 Å². The summed E-state index contributed by atoms with van der Waals surface area (Å²) in [6.07, 6.45) is 0.531. The van der Waals surface area contributed by atoms with Gasteiger partial charge >= 0.3 is 0 Å². The standard InChI is InChI=1S/C12H16N2O3S/c1-2-12(8-15)14-18(16,17)9-11-5-3-10(7-13)4-6-11/h3-6,12,14-15H,2,8-9H2,1H3. The molecule has 0 radical (unpaired) electrons. The number of nitriles is 1. The maximum Gasteiger partial charge on any atom is 0.216 e. The van der Waals surface area contributed by atoms with Gasteiger partial charge in [-0.2, -0.15) is 5.26 Å². The second-order valence-corrected chi connectivity index (χ2v) is 5.73. The first-order valence-electron chi connectivity index (χ1n) is 5.60. The summed E-state index contributed by atoms with van der Waals surface area (Å²) in [5.74, 6) is -0.158. The minimum Gasteiger partial charge on any atom is -0.395 e. The van der Waals surface area contributed by atoms with E-state index >= 15 is 0 Å². The number of aliphatic hydroxyl groups excluding tert-OH is 1.